The van der Waals surface area contributed by atoms with E-state index in [-0.39, 0.29) is 11.7 Å². The number of nitrogen functional groups attached to an aromatic ring is 1. The number of piperidine rings is 1. The number of carbonyl (C=O) groups excluding carboxylic acids is 1. The lowest BCUT2D eigenvalue weighted by Crippen LogP contribution is -2.50. The first kappa shape index (κ1) is 19.2. The Labute approximate surface area is 168 Å². The van der Waals surface area contributed by atoms with Crippen LogP contribution in [-0.4, -0.2) is 44.0 Å². The number of benzene rings is 1. The molecule has 4 rings (SSSR count). The van der Waals surface area contributed by atoms with Gasteiger partial charge in [0.1, 0.15) is 5.82 Å². The molecule has 0 spiro atoms. The topological polar surface area (TPSA) is 77.0 Å². The van der Waals surface area contributed by atoms with Crippen LogP contribution in [0.1, 0.15) is 49.9 Å². The fourth-order valence-corrected chi connectivity index (χ4v) is 5.22. The Morgan fingerprint density at radius 2 is 1.89 bits per heavy atom. The van der Waals surface area contributed by atoms with E-state index in [1.54, 1.807) is 12.1 Å². The Hall–Kier alpha value is -2.09. The summed E-state index contributed by atoms with van der Waals surface area (Å²) in [6.45, 7) is 0.867. The average molecular weight is 404 g/mol. The summed E-state index contributed by atoms with van der Waals surface area (Å²) in [6, 6.07) is 6.66. The van der Waals surface area contributed by atoms with Gasteiger partial charge < -0.3 is 10.7 Å². The van der Waals surface area contributed by atoms with Gasteiger partial charge in [-0.3, -0.25) is 4.79 Å². The molecule has 2 aliphatic rings. The predicted octanol–water partition coefficient (Wildman–Crippen LogP) is 3.00. The summed E-state index contributed by atoms with van der Waals surface area (Å²) in [6.07, 6.45) is 7.74. The van der Waals surface area contributed by atoms with Gasteiger partial charge in [-0.1, -0.05) is 36.7 Å². The first-order valence-electron chi connectivity index (χ1n) is 9.98. The zero-order valence-electron chi connectivity index (χ0n) is 15.9. The summed E-state index contributed by atoms with van der Waals surface area (Å²) in [5, 5.41) is 8.80. The molecule has 1 aliphatic heterocycles. The summed E-state index contributed by atoms with van der Waals surface area (Å²) in [5.41, 5.74) is 0.907. The molecule has 1 saturated carbocycles. The van der Waals surface area contributed by atoms with E-state index in [4.69, 9.17) is 5.84 Å². The highest BCUT2D eigenvalue weighted by Crippen LogP contribution is 2.35. The number of hydrogen-bond acceptors (Lipinski definition) is 5. The van der Waals surface area contributed by atoms with Gasteiger partial charge in [0.2, 0.25) is 11.1 Å². The molecule has 2 atom stereocenters. The lowest BCUT2D eigenvalue weighted by atomic mass is 9.78. The normalized spacial score (nSPS) is 22.1. The third-order valence-corrected chi connectivity index (χ3v) is 6.83. The van der Waals surface area contributed by atoms with Crippen molar-refractivity contribution in [3.05, 3.63) is 41.5 Å². The van der Waals surface area contributed by atoms with E-state index >= 15 is 0 Å². The van der Waals surface area contributed by atoms with Crippen molar-refractivity contribution in [1.29, 1.82) is 0 Å². The number of likely N-dealkylation sites (tertiary alicyclic amines) is 1. The van der Waals surface area contributed by atoms with Gasteiger partial charge in [0.25, 0.3) is 0 Å². The SMILES string of the molecule is Nn1c(Cc2ccc(F)cc2)nnc1SCC(=O)N1CCC[C@@H]2CCCC[C@H]21. The molecule has 1 aromatic carbocycles. The lowest BCUT2D eigenvalue weighted by Gasteiger charge is -2.44. The maximum absolute atomic E-state index is 13.0. The standard InChI is InChI=1S/C20H26FN5OS/c21-16-9-7-14(8-10-16)12-18-23-24-20(26(18)22)28-13-19(27)25-11-3-5-15-4-1-2-6-17(15)25/h7-10,15,17H,1-6,11-13,22H2/t15-,17+/m0/s1. The number of hydrogen-bond donors (Lipinski definition) is 1. The van der Waals surface area contributed by atoms with Crippen LogP contribution < -0.4 is 5.84 Å². The molecule has 0 unspecified atom stereocenters. The first-order chi connectivity index (χ1) is 13.6. The van der Waals surface area contributed by atoms with Gasteiger partial charge in [0, 0.05) is 19.0 Å². The highest BCUT2D eigenvalue weighted by atomic mass is 32.2. The Morgan fingerprint density at radius 3 is 2.71 bits per heavy atom. The summed E-state index contributed by atoms with van der Waals surface area (Å²) in [7, 11) is 0. The third kappa shape index (κ3) is 4.16. The second-order valence-electron chi connectivity index (χ2n) is 7.70. The highest BCUT2D eigenvalue weighted by molar-refractivity contribution is 7.99. The molecule has 150 valence electrons. The Balaban J connectivity index is 1.36. The Morgan fingerprint density at radius 1 is 1.14 bits per heavy atom. The van der Waals surface area contributed by atoms with Gasteiger partial charge in [-0.2, -0.15) is 0 Å². The Kier molecular flexibility index (Phi) is 5.85. The minimum atomic E-state index is -0.273. The van der Waals surface area contributed by atoms with Gasteiger partial charge in [-0.15, -0.1) is 10.2 Å². The van der Waals surface area contributed by atoms with Crippen molar-refractivity contribution in [2.24, 2.45) is 5.92 Å². The van der Waals surface area contributed by atoms with Crippen molar-refractivity contribution in [2.75, 3.05) is 18.1 Å². The zero-order chi connectivity index (χ0) is 19.5. The monoisotopic (exact) mass is 403 g/mol. The molecule has 2 aromatic rings. The molecular formula is C20H26FN5OS. The fourth-order valence-electron chi connectivity index (χ4n) is 4.45. The summed E-state index contributed by atoms with van der Waals surface area (Å²) in [5.74, 6) is 7.62. The maximum atomic E-state index is 13.0. The summed E-state index contributed by atoms with van der Waals surface area (Å²) in [4.78, 5) is 14.9. The molecule has 2 heterocycles. The molecule has 0 radical (unpaired) electrons. The predicted molar refractivity (Wildman–Crippen MR) is 107 cm³/mol. The van der Waals surface area contributed by atoms with E-state index in [2.05, 4.69) is 15.1 Å². The number of halogens is 1. The van der Waals surface area contributed by atoms with E-state index in [1.165, 1.54) is 54.3 Å². The fraction of sp³-hybridized carbons (Fsp3) is 0.550. The van der Waals surface area contributed by atoms with Crippen molar-refractivity contribution >= 4 is 17.7 Å². The van der Waals surface area contributed by atoms with Crippen LogP contribution in [0.15, 0.2) is 29.4 Å². The number of thioether (sulfide) groups is 1. The number of amides is 1. The van der Waals surface area contributed by atoms with Crippen molar-refractivity contribution < 1.29 is 9.18 Å². The minimum absolute atomic E-state index is 0.171. The van der Waals surface area contributed by atoms with Crippen molar-refractivity contribution in [3.8, 4) is 0 Å². The van der Waals surface area contributed by atoms with Gasteiger partial charge in [-0.05, 0) is 49.3 Å². The number of rotatable bonds is 5. The van der Waals surface area contributed by atoms with Crippen LogP contribution in [0.4, 0.5) is 4.39 Å². The lowest BCUT2D eigenvalue weighted by molar-refractivity contribution is -0.134. The summed E-state index contributed by atoms with van der Waals surface area (Å²) >= 11 is 1.34. The smallest absolute Gasteiger partial charge is 0.233 e. The number of fused-ring (bicyclic) bond motifs is 1. The molecule has 0 bridgehead atoms. The molecule has 2 fully saturated rings. The number of aromatic nitrogens is 3. The van der Waals surface area contributed by atoms with Gasteiger partial charge in [0.15, 0.2) is 5.82 Å². The number of nitrogens with two attached hydrogens (primary N) is 1. The quantitative estimate of drug-likeness (QED) is 0.613. The van der Waals surface area contributed by atoms with E-state index in [0.717, 1.165) is 24.9 Å². The second-order valence-corrected chi connectivity index (χ2v) is 8.64. The number of carbonyl (C=O) groups is 1. The molecule has 8 heteroatoms. The van der Waals surface area contributed by atoms with Crippen LogP contribution in [0.3, 0.4) is 0 Å². The van der Waals surface area contributed by atoms with Crippen LogP contribution in [0.2, 0.25) is 0 Å². The van der Waals surface area contributed by atoms with Gasteiger partial charge in [-0.25, -0.2) is 9.07 Å². The zero-order valence-corrected chi connectivity index (χ0v) is 16.7. The molecule has 1 amide bonds. The first-order valence-corrected chi connectivity index (χ1v) is 11.0. The van der Waals surface area contributed by atoms with Crippen molar-refractivity contribution in [2.45, 2.75) is 56.1 Å². The van der Waals surface area contributed by atoms with E-state index in [0.29, 0.717) is 35.1 Å². The molecule has 1 saturated heterocycles. The minimum Gasteiger partial charge on any atom is -0.339 e. The molecule has 2 N–H and O–H groups in total. The maximum Gasteiger partial charge on any atom is 0.233 e. The number of nitrogens with zero attached hydrogens (tertiary/aromatic N) is 4. The van der Waals surface area contributed by atoms with Gasteiger partial charge in [0.05, 0.1) is 5.75 Å². The van der Waals surface area contributed by atoms with Crippen LogP contribution in [0.25, 0.3) is 0 Å². The molecule has 6 nitrogen and oxygen atoms in total. The van der Waals surface area contributed by atoms with Gasteiger partial charge >= 0.3 is 0 Å². The van der Waals surface area contributed by atoms with Crippen LogP contribution >= 0.6 is 11.8 Å². The third-order valence-electron chi connectivity index (χ3n) is 5.90. The van der Waals surface area contributed by atoms with Crippen LogP contribution in [0.5, 0.6) is 0 Å². The molecular weight excluding hydrogens is 377 g/mol. The highest BCUT2D eigenvalue weighted by Gasteiger charge is 2.35. The van der Waals surface area contributed by atoms with Crippen LogP contribution in [0, 0.1) is 11.7 Å². The van der Waals surface area contributed by atoms with E-state index in [1.807, 2.05) is 0 Å². The summed E-state index contributed by atoms with van der Waals surface area (Å²) < 4.78 is 14.5. The second kappa shape index (κ2) is 8.51. The van der Waals surface area contributed by atoms with Crippen LogP contribution in [-0.2, 0) is 11.2 Å². The van der Waals surface area contributed by atoms with E-state index < -0.39 is 0 Å². The molecule has 1 aromatic heterocycles. The largest absolute Gasteiger partial charge is 0.339 e. The van der Waals surface area contributed by atoms with Crippen molar-refractivity contribution in [1.82, 2.24) is 19.8 Å². The van der Waals surface area contributed by atoms with Crippen molar-refractivity contribution in [3.63, 3.8) is 0 Å². The Bertz CT molecular complexity index is 823. The average Bonchev–Trinajstić information content (AvgIpc) is 3.07. The molecule has 28 heavy (non-hydrogen) atoms. The molecule has 1 aliphatic carbocycles. The van der Waals surface area contributed by atoms with E-state index in [9.17, 15) is 9.18 Å².